The molecule has 2 rings (SSSR count). The maximum atomic E-state index is 6.18. The highest BCUT2D eigenvalue weighted by Crippen LogP contribution is 2.42. The van der Waals surface area contributed by atoms with Gasteiger partial charge in [0.15, 0.2) is 0 Å². The molecule has 0 heterocycles. The van der Waals surface area contributed by atoms with Crippen LogP contribution in [0.15, 0.2) is 18.2 Å². The van der Waals surface area contributed by atoms with Crippen molar-refractivity contribution in [1.82, 2.24) is 5.32 Å². The van der Waals surface area contributed by atoms with E-state index in [-0.39, 0.29) is 0 Å². The first-order valence-corrected chi connectivity index (χ1v) is 8.46. The lowest BCUT2D eigenvalue weighted by atomic mass is 9.78. The number of halogens is 1. The Balaban J connectivity index is 1.89. The van der Waals surface area contributed by atoms with E-state index in [9.17, 15) is 0 Å². The summed E-state index contributed by atoms with van der Waals surface area (Å²) < 4.78 is 5.19. The summed E-state index contributed by atoms with van der Waals surface area (Å²) in [7, 11) is 1.65. The molecule has 1 aliphatic carbocycles. The molecule has 0 spiro atoms. The van der Waals surface area contributed by atoms with Crippen molar-refractivity contribution < 1.29 is 4.74 Å². The van der Waals surface area contributed by atoms with Crippen molar-refractivity contribution in [3.8, 4) is 5.75 Å². The lowest BCUT2D eigenvalue weighted by Gasteiger charge is -2.31. The molecule has 2 nitrogen and oxygen atoms in total. The standard InChI is InChI=1S/C18H28ClNO/c1-14(2)11-18(8-4-5-9-18)13-20-12-15-6-7-17(21-3)16(19)10-15/h6-7,10,14,20H,4-5,8-9,11-13H2,1-3H3. The molecule has 118 valence electrons. The zero-order valence-electron chi connectivity index (χ0n) is 13.5. The molecule has 0 aromatic heterocycles. The molecule has 1 saturated carbocycles. The molecule has 1 aromatic rings. The summed E-state index contributed by atoms with van der Waals surface area (Å²) in [6.07, 6.45) is 6.87. The Kier molecular flexibility index (Phi) is 5.95. The zero-order valence-corrected chi connectivity index (χ0v) is 14.3. The van der Waals surface area contributed by atoms with Crippen LogP contribution in [0, 0.1) is 11.3 Å². The van der Waals surface area contributed by atoms with Gasteiger partial charge in [0, 0.05) is 13.1 Å². The molecular weight excluding hydrogens is 282 g/mol. The molecule has 21 heavy (non-hydrogen) atoms. The van der Waals surface area contributed by atoms with Gasteiger partial charge in [-0.3, -0.25) is 0 Å². The minimum absolute atomic E-state index is 0.518. The Morgan fingerprint density at radius 3 is 2.57 bits per heavy atom. The van der Waals surface area contributed by atoms with Crippen LogP contribution in [-0.4, -0.2) is 13.7 Å². The summed E-state index contributed by atoms with van der Waals surface area (Å²) >= 11 is 6.18. The summed E-state index contributed by atoms with van der Waals surface area (Å²) in [5.41, 5.74) is 1.74. The minimum atomic E-state index is 0.518. The van der Waals surface area contributed by atoms with E-state index in [1.807, 2.05) is 12.1 Å². The van der Waals surface area contributed by atoms with Crippen molar-refractivity contribution in [3.05, 3.63) is 28.8 Å². The van der Waals surface area contributed by atoms with Gasteiger partial charge in [-0.1, -0.05) is 44.4 Å². The number of rotatable bonds is 7. The average molecular weight is 310 g/mol. The first kappa shape index (κ1) is 16.6. The normalized spacial score (nSPS) is 17.4. The fourth-order valence-electron chi connectivity index (χ4n) is 3.74. The van der Waals surface area contributed by atoms with Gasteiger partial charge < -0.3 is 10.1 Å². The van der Waals surface area contributed by atoms with Crippen molar-refractivity contribution in [2.24, 2.45) is 11.3 Å². The van der Waals surface area contributed by atoms with Crippen LogP contribution in [0.25, 0.3) is 0 Å². The fraction of sp³-hybridized carbons (Fsp3) is 0.667. The third-order valence-electron chi connectivity index (χ3n) is 4.55. The van der Waals surface area contributed by atoms with Gasteiger partial charge in [0.2, 0.25) is 0 Å². The minimum Gasteiger partial charge on any atom is -0.495 e. The molecule has 0 radical (unpaired) electrons. The smallest absolute Gasteiger partial charge is 0.137 e. The lowest BCUT2D eigenvalue weighted by Crippen LogP contribution is -2.33. The van der Waals surface area contributed by atoms with Crippen molar-refractivity contribution in [3.63, 3.8) is 0 Å². The third-order valence-corrected chi connectivity index (χ3v) is 4.85. The molecule has 0 saturated heterocycles. The molecule has 1 fully saturated rings. The topological polar surface area (TPSA) is 21.3 Å². The van der Waals surface area contributed by atoms with Crippen LogP contribution in [0.1, 0.15) is 51.5 Å². The second-order valence-corrected chi connectivity index (χ2v) is 7.28. The average Bonchev–Trinajstić information content (AvgIpc) is 2.86. The molecule has 1 N–H and O–H groups in total. The Labute approximate surface area is 134 Å². The van der Waals surface area contributed by atoms with Crippen LogP contribution < -0.4 is 10.1 Å². The van der Waals surface area contributed by atoms with Crippen molar-refractivity contribution in [1.29, 1.82) is 0 Å². The maximum absolute atomic E-state index is 6.18. The predicted molar refractivity (Wildman–Crippen MR) is 90.1 cm³/mol. The Morgan fingerprint density at radius 2 is 2.00 bits per heavy atom. The number of hydrogen-bond donors (Lipinski definition) is 1. The molecule has 0 atom stereocenters. The summed E-state index contributed by atoms with van der Waals surface area (Å²) in [6.45, 7) is 6.67. The molecule has 3 heteroatoms. The summed E-state index contributed by atoms with van der Waals surface area (Å²) in [5, 5.41) is 4.34. The molecule has 0 unspecified atom stereocenters. The highest BCUT2D eigenvalue weighted by molar-refractivity contribution is 6.32. The van der Waals surface area contributed by atoms with Crippen LogP contribution in [0.2, 0.25) is 5.02 Å². The molecule has 1 aliphatic rings. The zero-order chi connectivity index (χ0) is 15.3. The first-order valence-electron chi connectivity index (χ1n) is 8.08. The molecular formula is C18H28ClNO. The van der Waals surface area contributed by atoms with Gasteiger partial charge in [0.05, 0.1) is 12.1 Å². The Hall–Kier alpha value is -0.730. The van der Waals surface area contributed by atoms with Crippen LogP contribution >= 0.6 is 11.6 Å². The lowest BCUT2D eigenvalue weighted by molar-refractivity contribution is 0.223. The molecule has 1 aromatic carbocycles. The highest BCUT2D eigenvalue weighted by Gasteiger charge is 2.33. The largest absolute Gasteiger partial charge is 0.495 e. The maximum Gasteiger partial charge on any atom is 0.137 e. The molecule has 0 amide bonds. The summed E-state index contributed by atoms with van der Waals surface area (Å²) in [4.78, 5) is 0. The van der Waals surface area contributed by atoms with E-state index < -0.39 is 0 Å². The molecule has 0 bridgehead atoms. The van der Waals surface area contributed by atoms with Crippen LogP contribution in [-0.2, 0) is 6.54 Å². The second kappa shape index (κ2) is 7.51. The predicted octanol–water partition coefficient (Wildman–Crippen LogP) is 5.04. The van der Waals surface area contributed by atoms with E-state index in [2.05, 4.69) is 25.2 Å². The van der Waals surface area contributed by atoms with Crippen LogP contribution in [0.4, 0.5) is 0 Å². The number of nitrogens with one attached hydrogen (secondary N) is 1. The van der Waals surface area contributed by atoms with Crippen molar-refractivity contribution >= 4 is 11.6 Å². The number of hydrogen-bond acceptors (Lipinski definition) is 2. The van der Waals surface area contributed by atoms with Gasteiger partial charge in [-0.05, 0) is 48.3 Å². The van der Waals surface area contributed by atoms with E-state index in [1.54, 1.807) is 7.11 Å². The van der Waals surface area contributed by atoms with E-state index in [4.69, 9.17) is 16.3 Å². The van der Waals surface area contributed by atoms with Gasteiger partial charge in [0.25, 0.3) is 0 Å². The Morgan fingerprint density at radius 1 is 1.29 bits per heavy atom. The van der Waals surface area contributed by atoms with Crippen LogP contribution in [0.5, 0.6) is 5.75 Å². The number of benzene rings is 1. The van der Waals surface area contributed by atoms with Crippen LogP contribution in [0.3, 0.4) is 0 Å². The van der Waals surface area contributed by atoms with Crippen molar-refractivity contribution in [2.45, 2.75) is 52.5 Å². The second-order valence-electron chi connectivity index (χ2n) is 6.88. The number of ether oxygens (including phenoxy) is 1. The number of methoxy groups -OCH3 is 1. The monoisotopic (exact) mass is 309 g/mol. The van der Waals surface area contributed by atoms with Gasteiger partial charge >= 0.3 is 0 Å². The van der Waals surface area contributed by atoms with Gasteiger partial charge in [-0.25, -0.2) is 0 Å². The Bertz CT molecular complexity index is 453. The van der Waals surface area contributed by atoms with Crippen molar-refractivity contribution in [2.75, 3.05) is 13.7 Å². The summed E-state index contributed by atoms with van der Waals surface area (Å²) in [5.74, 6) is 1.52. The highest BCUT2D eigenvalue weighted by atomic mass is 35.5. The fourth-order valence-corrected chi connectivity index (χ4v) is 4.02. The SMILES string of the molecule is COc1ccc(CNCC2(CC(C)C)CCCC2)cc1Cl. The van der Waals surface area contributed by atoms with Gasteiger partial charge in [-0.2, -0.15) is 0 Å². The quantitative estimate of drug-likeness (QED) is 0.761. The van der Waals surface area contributed by atoms with Gasteiger partial charge in [-0.15, -0.1) is 0 Å². The van der Waals surface area contributed by atoms with E-state index in [1.165, 1.54) is 37.7 Å². The third kappa shape index (κ3) is 4.62. The first-order chi connectivity index (χ1) is 10.0. The van der Waals surface area contributed by atoms with E-state index >= 15 is 0 Å². The molecule has 0 aliphatic heterocycles. The summed E-state index contributed by atoms with van der Waals surface area (Å²) in [6, 6.07) is 6.03. The van der Waals surface area contributed by atoms with E-state index in [0.717, 1.165) is 24.8 Å². The van der Waals surface area contributed by atoms with Gasteiger partial charge in [0.1, 0.15) is 5.75 Å². The van der Waals surface area contributed by atoms with E-state index in [0.29, 0.717) is 10.4 Å².